The zero-order valence-corrected chi connectivity index (χ0v) is 19.3. The average Bonchev–Trinajstić information content (AvgIpc) is 3.41. The number of aromatic nitrogens is 1. The van der Waals surface area contributed by atoms with Crippen molar-refractivity contribution in [2.24, 2.45) is 0 Å². The molecule has 1 aromatic carbocycles. The van der Waals surface area contributed by atoms with Crippen LogP contribution in [0.15, 0.2) is 16.7 Å². The number of Topliss-reactive ketones (excluding diaryl/α,β-unsaturated/α-hetero) is 1. The van der Waals surface area contributed by atoms with Gasteiger partial charge in [0.1, 0.15) is 29.4 Å². The van der Waals surface area contributed by atoms with Gasteiger partial charge in [0.25, 0.3) is 5.79 Å². The molecule has 2 aliphatic carbocycles. The number of methoxy groups -OCH3 is 4. The zero-order valence-electron chi connectivity index (χ0n) is 19.3. The number of aliphatic hydroxyl groups is 2. The molecule has 1 aromatic heterocycles. The molecule has 5 rings (SSSR count). The molecule has 1 fully saturated rings. The topological polar surface area (TPSA) is 130 Å². The van der Waals surface area contributed by atoms with Gasteiger partial charge in [-0.3, -0.25) is 4.79 Å². The van der Waals surface area contributed by atoms with E-state index in [0.717, 1.165) is 0 Å². The summed E-state index contributed by atoms with van der Waals surface area (Å²) >= 11 is 0. The van der Waals surface area contributed by atoms with E-state index in [1.54, 1.807) is 26.0 Å². The van der Waals surface area contributed by atoms with Crippen molar-refractivity contribution < 1.29 is 43.2 Å². The van der Waals surface area contributed by atoms with Crippen LogP contribution in [0.3, 0.4) is 0 Å². The number of ketones is 1. The lowest BCUT2D eigenvalue weighted by Crippen LogP contribution is -2.63. The van der Waals surface area contributed by atoms with Crippen molar-refractivity contribution in [3.8, 4) is 22.8 Å². The fourth-order valence-electron chi connectivity index (χ4n) is 5.58. The minimum atomic E-state index is -1.76. The Hall–Kier alpha value is -2.50. The molecule has 1 saturated heterocycles. The molecule has 10 nitrogen and oxygen atoms in total. The Labute approximate surface area is 190 Å². The number of benzene rings is 1. The SMILES string of the molecule is COc1cc(OC)c2c(c1)C(=O)[C@]13C[C@@H](C(C)(C)O)O[C@H]1[C@@H](O)C(OC)(OC)c1onc-2c13. The van der Waals surface area contributed by atoms with Crippen molar-refractivity contribution in [3.63, 3.8) is 0 Å². The van der Waals surface area contributed by atoms with Crippen LogP contribution in [0.4, 0.5) is 0 Å². The molecule has 10 heteroatoms. The van der Waals surface area contributed by atoms with E-state index < -0.39 is 35.1 Å². The summed E-state index contributed by atoms with van der Waals surface area (Å²) in [5.74, 6) is -1.19. The second kappa shape index (κ2) is 7.00. The molecule has 1 spiro atoms. The molecule has 33 heavy (non-hydrogen) atoms. The van der Waals surface area contributed by atoms with Gasteiger partial charge in [0.15, 0.2) is 5.78 Å². The maximum absolute atomic E-state index is 14.3. The molecule has 0 radical (unpaired) electrons. The molecule has 178 valence electrons. The van der Waals surface area contributed by atoms with Crippen LogP contribution in [0.5, 0.6) is 11.5 Å². The highest BCUT2D eigenvalue weighted by atomic mass is 16.7. The van der Waals surface area contributed by atoms with Gasteiger partial charge in [-0.25, -0.2) is 0 Å². The molecule has 1 aliphatic heterocycles. The van der Waals surface area contributed by atoms with Gasteiger partial charge in [-0.2, -0.15) is 0 Å². The number of carbonyl (C=O) groups is 1. The largest absolute Gasteiger partial charge is 0.497 e. The number of carbonyl (C=O) groups excluding carboxylic acids is 1. The van der Waals surface area contributed by atoms with Gasteiger partial charge in [0.05, 0.1) is 36.9 Å². The van der Waals surface area contributed by atoms with Crippen LogP contribution < -0.4 is 9.47 Å². The number of rotatable bonds is 5. The first-order valence-corrected chi connectivity index (χ1v) is 10.6. The van der Waals surface area contributed by atoms with Crippen molar-refractivity contribution in [2.45, 2.75) is 55.4 Å². The lowest BCUT2D eigenvalue weighted by atomic mass is 9.58. The van der Waals surface area contributed by atoms with Crippen molar-refractivity contribution in [3.05, 3.63) is 29.0 Å². The number of nitrogens with zero attached hydrogens (tertiary/aromatic N) is 1. The lowest BCUT2D eigenvalue weighted by molar-refractivity contribution is -0.308. The molecule has 4 atom stereocenters. The summed E-state index contributed by atoms with van der Waals surface area (Å²) in [5.41, 5.74) is -1.15. The Bertz CT molecular complexity index is 1130. The van der Waals surface area contributed by atoms with Crippen LogP contribution >= 0.6 is 0 Å². The summed E-state index contributed by atoms with van der Waals surface area (Å²) in [4.78, 5) is 14.3. The number of hydrogen-bond acceptors (Lipinski definition) is 10. The summed E-state index contributed by atoms with van der Waals surface area (Å²) in [6.07, 6.45) is -3.22. The smallest absolute Gasteiger partial charge is 0.260 e. The first-order chi connectivity index (χ1) is 15.6. The van der Waals surface area contributed by atoms with Crippen LogP contribution in [0.1, 0.15) is 41.9 Å². The van der Waals surface area contributed by atoms with Crippen molar-refractivity contribution >= 4 is 5.78 Å². The van der Waals surface area contributed by atoms with Gasteiger partial charge in [-0.1, -0.05) is 5.16 Å². The molecule has 0 bridgehead atoms. The normalized spacial score (nSPS) is 29.3. The van der Waals surface area contributed by atoms with Crippen LogP contribution in [-0.2, 0) is 25.4 Å². The zero-order chi connectivity index (χ0) is 23.9. The van der Waals surface area contributed by atoms with Crippen LogP contribution in [0.2, 0.25) is 0 Å². The van der Waals surface area contributed by atoms with E-state index in [9.17, 15) is 15.0 Å². The van der Waals surface area contributed by atoms with Gasteiger partial charge in [-0.05, 0) is 26.3 Å². The molecule has 0 saturated carbocycles. The molecule has 0 amide bonds. The molecule has 2 N–H and O–H groups in total. The predicted octanol–water partition coefficient (Wildman–Crippen LogP) is 1.54. The maximum atomic E-state index is 14.3. The standard InChI is InChI=1S/C23H27NO9/c1-21(2,27)13-9-22-15-16(14-11(17(22)25)7-10(28-3)8-12(14)29-4)24-33-19(15)23(30-5,31-6)18(26)20(22)32-13/h7-8,13,18,20,26-27H,9H2,1-6H3/t13-,18+,20-,22+/m0/s1. The third-order valence-corrected chi connectivity index (χ3v) is 7.25. The highest BCUT2D eigenvalue weighted by Crippen LogP contribution is 2.62. The van der Waals surface area contributed by atoms with Crippen LogP contribution in [0.25, 0.3) is 11.3 Å². The highest BCUT2D eigenvalue weighted by molar-refractivity contribution is 6.15. The third-order valence-electron chi connectivity index (χ3n) is 7.25. The van der Waals surface area contributed by atoms with E-state index in [-0.39, 0.29) is 18.0 Å². The van der Waals surface area contributed by atoms with Gasteiger partial charge >= 0.3 is 0 Å². The number of hydrogen-bond donors (Lipinski definition) is 2. The Kier molecular flexibility index (Phi) is 4.73. The van der Waals surface area contributed by atoms with E-state index in [0.29, 0.717) is 33.9 Å². The summed E-state index contributed by atoms with van der Waals surface area (Å²) in [6.45, 7) is 3.20. The molecule has 2 aromatic rings. The fourth-order valence-corrected chi connectivity index (χ4v) is 5.58. The lowest BCUT2D eigenvalue weighted by Gasteiger charge is -2.48. The molecular weight excluding hydrogens is 434 g/mol. The van der Waals surface area contributed by atoms with Gasteiger partial charge in [0.2, 0.25) is 5.76 Å². The average molecular weight is 461 g/mol. The minimum Gasteiger partial charge on any atom is -0.497 e. The summed E-state index contributed by atoms with van der Waals surface area (Å²) < 4.78 is 34.1. The van der Waals surface area contributed by atoms with E-state index in [1.165, 1.54) is 28.4 Å². The Morgan fingerprint density at radius 2 is 1.85 bits per heavy atom. The molecular formula is C23H27NO9. The summed E-state index contributed by atoms with van der Waals surface area (Å²) in [5, 5.41) is 26.5. The Balaban J connectivity index is 1.88. The highest BCUT2D eigenvalue weighted by Gasteiger charge is 2.72. The van der Waals surface area contributed by atoms with E-state index in [4.69, 9.17) is 28.2 Å². The summed E-state index contributed by atoms with van der Waals surface area (Å²) in [6, 6.07) is 3.27. The first-order valence-electron chi connectivity index (χ1n) is 10.6. The van der Waals surface area contributed by atoms with Crippen molar-refractivity contribution in [2.75, 3.05) is 28.4 Å². The van der Waals surface area contributed by atoms with Gasteiger partial charge in [-0.15, -0.1) is 0 Å². The number of aliphatic hydroxyl groups excluding tert-OH is 1. The molecule has 2 heterocycles. The second-order valence-electron chi connectivity index (χ2n) is 9.21. The molecule has 3 aliphatic rings. The first kappa shape index (κ1) is 22.3. The fraction of sp³-hybridized carbons (Fsp3) is 0.565. The van der Waals surface area contributed by atoms with E-state index in [1.807, 2.05) is 0 Å². The van der Waals surface area contributed by atoms with Crippen molar-refractivity contribution in [1.29, 1.82) is 0 Å². The minimum absolute atomic E-state index is 0.0862. The van der Waals surface area contributed by atoms with Gasteiger partial charge < -0.3 is 38.4 Å². The van der Waals surface area contributed by atoms with E-state index >= 15 is 0 Å². The van der Waals surface area contributed by atoms with Crippen molar-refractivity contribution in [1.82, 2.24) is 5.16 Å². The van der Waals surface area contributed by atoms with Crippen LogP contribution in [-0.4, -0.2) is 73.5 Å². The quantitative estimate of drug-likeness (QED) is 0.633. The number of fused-ring (bicyclic) bond motifs is 2. The number of ether oxygens (including phenoxy) is 5. The Morgan fingerprint density at radius 3 is 2.42 bits per heavy atom. The molecule has 0 unspecified atom stereocenters. The van der Waals surface area contributed by atoms with Gasteiger partial charge in [0, 0.05) is 31.4 Å². The predicted molar refractivity (Wildman–Crippen MR) is 112 cm³/mol. The maximum Gasteiger partial charge on any atom is 0.260 e. The summed E-state index contributed by atoms with van der Waals surface area (Å²) in [7, 11) is 5.71. The Morgan fingerprint density at radius 1 is 1.15 bits per heavy atom. The second-order valence-corrected chi connectivity index (χ2v) is 9.21. The third kappa shape index (κ3) is 2.55. The van der Waals surface area contributed by atoms with E-state index in [2.05, 4.69) is 5.16 Å². The van der Waals surface area contributed by atoms with Crippen LogP contribution in [0, 0.1) is 0 Å². The monoisotopic (exact) mass is 461 g/mol.